The zero-order chi connectivity index (χ0) is 26.3. The molecule has 13 heteroatoms. The van der Waals surface area contributed by atoms with Gasteiger partial charge in [0.2, 0.25) is 0 Å². The topological polar surface area (TPSA) is 76.1 Å². The molecule has 4 rings (SSSR count). The quantitative estimate of drug-likeness (QED) is 0.449. The van der Waals surface area contributed by atoms with E-state index in [0.29, 0.717) is 6.07 Å². The summed E-state index contributed by atoms with van der Waals surface area (Å²) in [5, 5.41) is 9.58. The first-order valence-corrected chi connectivity index (χ1v) is 11.7. The minimum Gasteiger partial charge on any atom is -0.484 e. The van der Waals surface area contributed by atoms with Gasteiger partial charge in [-0.2, -0.15) is 22.0 Å². The molecule has 1 unspecified atom stereocenters. The van der Waals surface area contributed by atoms with Gasteiger partial charge in [-0.15, -0.1) is 0 Å². The van der Waals surface area contributed by atoms with Crippen LogP contribution in [0.15, 0.2) is 65.6 Å². The average molecular weight is 533 g/mol. The Kier molecular flexibility index (Phi) is 6.80. The number of benzene rings is 3. The van der Waals surface area contributed by atoms with E-state index in [1.807, 2.05) is 0 Å². The normalized spacial score (nSPS) is 16.0. The van der Waals surface area contributed by atoms with E-state index in [4.69, 9.17) is 4.74 Å². The lowest BCUT2D eigenvalue weighted by molar-refractivity contribution is -0.137. The fourth-order valence-electron chi connectivity index (χ4n) is 3.67. The highest BCUT2D eigenvalue weighted by atomic mass is 32.2. The van der Waals surface area contributed by atoms with Gasteiger partial charge in [0, 0.05) is 6.07 Å². The molecular weight excluding hydrogens is 516 g/mol. The van der Waals surface area contributed by atoms with Gasteiger partial charge in [-0.25, -0.2) is 12.8 Å². The van der Waals surface area contributed by atoms with Gasteiger partial charge in [0.05, 0.1) is 29.3 Å². The summed E-state index contributed by atoms with van der Waals surface area (Å²) in [4.78, 5) is -0.648. The molecule has 36 heavy (non-hydrogen) atoms. The molecule has 3 aromatic carbocycles. The van der Waals surface area contributed by atoms with E-state index in [9.17, 15) is 39.9 Å². The van der Waals surface area contributed by atoms with Gasteiger partial charge in [-0.05, 0) is 53.6 Å². The molecule has 3 aromatic rings. The maximum atomic E-state index is 14.0. The first-order valence-electron chi connectivity index (χ1n) is 10.3. The number of nitrogens with zero attached hydrogens (tertiary/aromatic N) is 1. The van der Waals surface area contributed by atoms with E-state index >= 15 is 0 Å². The number of aliphatic hydroxyl groups excluding tert-OH is 1. The van der Waals surface area contributed by atoms with Gasteiger partial charge in [-0.1, -0.05) is 12.1 Å². The van der Waals surface area contributed by atoms with Crippen LogP contribution in [0.2, 0.25) is 0 Å². The van der Waals surface area contributed by atoms with Crippen molar-refractivity contribution in [2.45, 2.75) is 23.8 Å². The van der Waals surface area contributed by atoms with Crippen molar-refractivity contribution in [2.75, 3.05) is 17.5 Å². The lowest BCUT2D eigenvalue weighted by Gasteiger charge is -2.35. The van der Waals surface area contributed by atoms with Crippen LogP contribution < -0.4 is 13.8 Å². The molecule has 0 aliphatic carbocycles. The van der Waals surface area contributed by atoms with Crippen molar-refractivity contribution in [1.29, 1.82) is 0 Å². The third-order valence-corrected chi connectivity index (χ3v) is 7.05. The second kappa shape index (κ2) is 9.54. The van der Waals surface area contributed by atoms with Crippen LogP contribution >= 0.6 is 0 Å². The van der Waals surface area contributed by atoms with E-state index in [2.05, 4.69) is 4.74 Å². The van der Waals surface area contributed by atoms with Gasteiger partial charge in [-0.3, -0.25) is 4.31 Å². The Bertz CT molecular complexity index is 1380. The van der Waals surface area contributed by atoms with Crippen molar-refractivity contribution >= 4 is 15.7 Å². The van der Waals surface area contributed by atoms with Crippen LogP contribution in [-0.2, 0) is 16.2 Å². The number of hydrogen-bond acceptors (Lipinski definition) is 5. The van der Waals surface area contributed by atoms with E-state index < -0.39 is 64.1 Å². The lowest BCUT2D eigenvalue weighted by Crippen LogP contribution is -2.45. The van der Waals surface area contributed by atoms with Gasteiger partial charge in [0.25, 0.3) is 10.0 Å². The number of halogens is 6. The Morgan fingerprint density at radius 2 is 1.81 bits per heavy atom. The van der Waals surface area contributed by atoms with E-state index in [1.165, 1.54) is 18.2 Å². The molecule has 0 radical (unpaired) electrons. The summed E-state index contributed by atoms with van der Waals surface area (Å²) in [6.45, 7) is -4.23. The summed E-state index contributed by atoms with van der Waals surface area (Å²) in [6.07, 6.45) is -5.81. The van der Waals surface area contributed by atoms with Crippen molar-refractivity contribution in [3.8, 4) is 22.6 Å². The van der Waals surface area contributed by atoms with Crippen LogP contribution in [0.1, 0.15) is 5.56 Å². The molecule has 192 valence electrons. The molecule has 1 atom stereocenters. The first kappa shape index (κ1) is 25.6. The fourth-order valence-corrected chi connectivity index (χ4v) is 5.22. The van der Waals surface area contributed by atoms with Crippen LogP contribution in [0.25, 0.3) is 11.1 Å². The van der Waals surface area contributed by atoms with Crippen molar-refractivity contribution in [3.63, 3.8) is 0 Å². The van der Waals surface area contributed by atoms with Crippen LogP contribution in [-0.4, -0.2) is 39.4 Å². The van der Waals surface area contributed by atoms with E-state index in [0.717, 1.165) is 40.7 Å². The summed E-state index contributed by atoms with van der Waals surface area (Å²) in [5.74, 6) is -1.38. The molecular formula is C23H17F6NO5S. The van der Waals surface area contributed by atoms with Crippen molar-refractivity contribution < 1.29 is 49.3 Å². The molecule has 0 saturated carbocycles. The number of anilines is 1. The van der Waals surface area contributed by atoms with Crippen LogP contribution in [0.5, 0.6) is 11.5 Å². The van der Waals surface area contributed by atoms with Gasteiger partial charge in [0.1, 0.15) is 23.4 Å². The zero-order valence-corrected chi connectivity index (χ0v) is 18.9. The second-order valence-electron chi connectivity index (χ2n) is 7.72. The number of rotatable bonds is 6. The summed E-state index contributed by atoms with van der Waals surface area (Å²) in [7, 11) is -4.59. The van der Waals surface area contributed by atoms with E-state index in [-0.39, 0.29) is 22.6 Å². The Morgan fingerprint density at radius 1 is 1.06 bits per heavy atom. The minimum atomic E-state index is -4.79. The average Bonchev–Trinajstić information content (AvgIpc) is 2.81. The van der Waals surface area contributed by atoms with Crippen molar-refractivity contribution in [2.24, 2.45) is 0 Å². The Morgan fingerprint density at radius 3 is 2.47 bits per heavy atom. The minimum absolute atomic E-state index is 0.0138. The third-order valence-electron chi connectivity index (χ3n) is 5.27. The molecule has 0 fully saturated rings. The Balaban J connectivity index is 1.82. The van der Waals surface area contributed by atoms with Gasteiger partial charge >= 0.3 is 12.8 Å². The largest absolute Gasteiger partial charge is 0.484 e. The molecule has 0 aromatic heterocycles. The maximum Gasteiger partial charge on any atom is 0.416 e. The summed E-state index contributed by atoms with van der Waals surface area (Å²) in [5.41, 5.74) is -1.03. The predicted octanol–water partition coefficient (Wildman–Crippen LogP) is 5.06. The van der Waals surface area contributed by atoms with Crippen LogP contribution in [0.4, 0.5) is 32.0 Å². The lowest BCUT2D eigenvalue weighted by atomic mass is 10.0. The van der Waals surface area contributed by atoms with Crippen LogP contribution in [0.3, 0.4) is 0 Å². The molecule has 0 bridgehead atoms. The van der Waals surface area contributed by atoms with E-state index in [1.54, 1.807) is 0 Å². The predicted molar refractivity (Wildman–Crippen MR) is 116 cm³/mol. The Hall–Kier alpha value is -3.45. The molecule has 1 aliphatic rings. The molecule has 1 aliphatic heterocycles. The number of aliphatic hydroxyl groups is 1. The molecule has 6 nitrogen and oxygen atoms in total. The highest BCUT2D eigenvalue weighted by molar-refractivity contribution is 7.92. The van der Waals surface area contributed by atoms with Crippen molar-refractivity contribution in [3.05, 3.63) is 72.0 Å². The molecule has 0 amide bonds. The molecule has 0 spiro atoms. The van der Waals surface area contributed by atoms with Gasteiger partial charge in [0.15, 0.2) is 0 Å². The number of hydrogen-bond donors (Lipinski definition) is 1. The Labute approximate surface area is 201 Å². The zero-order valence-electron chi connectivity index (χ0n) is 18.0. The monoisotopic (exact) mass is 533 g/mol. The highest BCUT2D eigenvalue weighted by Crippen LogP contribution is 2.41. The molecule has 1 heterocycles. The number of ether oxygens (including phenoxy) is 2. The first-order chi connectivity index (χ1) is 16.9. The summed E-state index contributed by atoms with van der Waals surface area (Å²) >= 11 is 0. The maximum absolute atomic E-state index is 14.0. The fraction of sp³-hybridized carbons (Fsp3) is 0.217. The van der Waals surface area contributed by atoms with Gasteiger partial charge < -0.3 is 14.6 Å². The SMILES string of the molecule is O=S(=O)(c1cccc(C(F)(F)F)c1)N1CC(CO)Oc2ccc(-c3cc(F)cc(OC(F)F)c3)cc21. The van der Waals surface area contributed by atoms with Crippen LogP contribution in [0, 0.1) is 5.82 Å². The number of fused-ring (bicyclic) bond motifs is 1. The number of alkyl halides is 5. The highest BCUT2D eigenvalue weighted by Gasteiger charge is 2.37. The third kappa shape index (κ3) is 5.21. The molecule has 0 saturated heterocycles. The standard InChI is InChI=1S/C23H17F6NO5S/c24-16-6-14(7-17(10-16)35-22(25)26)13-4-5-21-20(8-13)30(11-18(12-31)34-21)36(32,33)19-3-1-2-15(9-19)23(27,28)29/h1-10,18,22,31H,11-12H2. The molecule has 1 N–H and O–H groups in total. The number of sulfonamides is 1. The smallest absolute Gasteiger partial charge is 0.416 e. The second-order valence-corrected chi connectivity index (χ2v) is 9.58. The summed E-state index contributed by atoms with van der Waals surface area (Å²) in [6, 6.07) is 10.0. The summed E-state index contributed by atoms with van der Waals surface area (Å²) < 4.78 is 116. The van der Waals surface area contributed by atoms with Crippen molar-refractivity contribution in [1.82, 2.24) is 0 Å².